The molecule has 3 nitrogen and oxygen atoms in total. The van der Waals surface area contributed by atoms with Gasteiger partial charge in [-0.25, -0.2) is 0 Å². The summed E-state index contributed by atoms with van der Waals surface area (Å²) in [7, 11) is 0. The summed E-state index contributed by atoms with van der Waals surface area (Å²) >= 11 is 0. The van der Waals surface area contributed by atoms with Crippen molar-refractivity contribution in [1.29, 1.82) is 0 Å². The summed E-state index contributed by atoms with van der Waals surface area (Å²) in [4.78, 5) is 8.47. The van der Waals surface area contributed by atoms with Crippen LogP contribution in [0.4, 0.5) is 34.1 Å². The summed E-state index contributed by atoms with van der Waals surface area (Å²) in [5.74, 6) is 0. The Balaban J connectivity index is 1.36. The Morgan fingerprint density at radius 1 is 0.326 bits per heavy atom. The van der Waals surface area contributed by atoms with Crippen LogP contribution in [0.5, 0.6) is 0 Å². The summed E-state index contributed by atoms with van der Waals surface area (Å²) in [6, 6.07) is 60.2. The fourth-order valence-electron chi connectivity index (χ4n) is 6.25. The summed E-state index contributed by atoms with van der Waals surface area (Å²) in [5, 5.41) is 4.90. The van der Waals surface area contributed by atoms with Crippen molar-refractivity contribution < 1.29 is 0 Å². The number of aromatic amines is 1. The van der Waals surface area contributed by atoms with E-state index in [0.717, 1.165) is 45.2 Å². The van der Waals surface area contributed by atoms with Gasteiger partial charge in [-0.1, -0.05) is 103 Å². The van der Waals surface area contributed by atoms with Crippen molar-refractivity contribution in [2.24, 2.45) is 0 Å². The highest BCUT2D eigenvalue weighted by atomic mass is 15.1. The molecule has 3 heteroatoms. The molecule has 0 aliphatic carbocycles. The molecule has 0 saturated heterocycles. The van der Waals surface area contributed by atoms with E-state index < -0.39 is 0 Å². The molecule has 0 bridgehead atoms. The second-order valence-electron chi connectivity index (χ2n) is 10.7. The Morgan fingerprint density at radius 3 is 1.33 bits per heavy atom. The molecular weight excluding hydrogens is 522 g/mol. The fourth-order valence-corrected chi connectivity index (χ4v) is 6.25. The molecule has 0 spiro atoms. The van der Waals surface area contributed by atoms with Crippen LogP contribution < -0.4 is 9.80 Å². The van der Waals surface area contributed by atoms with Crippen LogP contribution in [0.15, 0.2) is 170 Å². The zero-order valence-corrected chi connectivity index (χ0v) is 23.6. The Hall–Kier alpha value is -5.80. The summed E-state index contributed by atoms with van der Waals surface area (Å²) in [5.41, 5.74) is 8.97. The topological polar surface area (TPSA) is 22.3 Å². The van der Waals surface area contributed by atoms with E-state index in [1.165, 1.54) is 21.5 Å². The van der Waals surface area contributed by atoms with Crippen molar-refractivity contribution in [1.82, 2.24) is 4.98 Å². The third-order valence-corrected chi connectivity index (χ3v) is 8.12. The molecule has 8 aromatic rings. The molecule has 1 N–H and O–H groups in total. The molecule has 0 amide bonds. The summed E-state index contributed by atoms with van der Waals surface area (Å²) < 4.78 is 0. The summed E-state index contributed by atoms with van der Waals surface area (Å²) in [6.07, 6.45) is 0. The third-order valence-electron chi connectivity index (χ3n) is 8.12. The minimum atomic E-state index is 1.11. The predicted molar refractivity (Wildman–Crippen MR) is 183 cm³/mol. The number of aromatic nitrogens is 1. The second-order valence-corrected chi connectivity index (χ2v) is 10.7. The first-order chi connectivity index (χ1) is 21.3. The lowest BCUT2D eigenvalue weighted by molar-refractivity contribution is 1.29. The van der Waals surface area contributed by atoms with Gasteiger partial charge in [0.15, 0.2) is 0 Å². The van der Waals surface area contributed by atoms with Crippen LogP contribution in [0, 0.1) is 0 Å². The standard InChI is InChI=1S/C40H29N3/c1-5-15-29(16-6-1)42(30-17-7-2-8-18-30)33-25-26-36-37(27-33)41-38-28-39(34-23-13-14-24-35(34)40(36)38)43(31-19-9-3-10-20-31)32-21-11-4-12-22-32/h1-28,41H. The van der Waals surface area contributed by atoms with Crippen LogP contribution in [-0.2, 0) is 0 Å². The van der Waals surface area contributed by atoms with Crippen molar-refractivity contribution >= 4 is 66.7 Å². The Morgan fingerprint density at radius 2 is 0.791 bits per heavy atom. The number of benzene rings is 7. The van der Waals surface area contributed by atoms with Crippen LogP contribution in [0.1, 0.15) is 0 Å². The lowest BCUT2D eigenvalue weighted by atomic mass is 10.0. The minimum Gasteiger partial charge on any atom is -0.354 e. The molecule has 1 heterocycles. The minimum absolute atomic E-state index is 1.11. The van der Waals surface area contributed by atoms with Gasteiger partial charge in [-0.15, -0.1) is 0 Å². The number of nitrogens with zero attached hydrogens (tertiary/aromatic N) is 2. The van der Waals surface area contributed by atoms with Gasteiger partial charge in [0.1, 0.15) is 0 Å². The lowest BCUT2D eigenvalue weighted by Crippen LogP contribution is -2.10. The zero-order chi connectivity index (χ0) is 28.6. The highest BCUT2D eigenvalue weighted by Gasteiger charge is 2.20. The Labute approximate surface area is 250 Å². The number of anilines is 6. The third kappa shape index (κ3) is 4.39. The van der Waals surface area contributed by atoms with Gasteiger partial charge in [0.05, 0.1) is 5.69 Å². The van der Waals surface area contributed by atoms with E-state index in [1.54, 1.807) is 0 Å². The van der Waals surface area contributed by atoms with E-state index in [1.807, 2.05) is 0 Å². The maximum atomic E-state index is 3.81. The number of fused-ring (bicyclic) bond motifs is 5. The first kappa shape index (κ1) is 25.0. The maximum Gasteiger partial charge on any atom is 0.0561 e. The van der Waals surface area contributed by atoms with E-state index >= 15 is 0 Å². The van der Waals surface area contributed by atoms with Crippen molar-refractivity contribution in [3.63, 3.8) is 0 Å². The largest absolute Gasteiger partial charge is 0.354 e. The van der Waals surface area contributed by atoms with Gasteiger partial charge in [0.25, 0.3) is 0 Å². The van der Waals surface area contributed by atoms with Gasteiger partial charge < -0.3 is 14.8 Å². The highest BCUT2D eigenvalue weighted by molar-refractivity contribution is 6.24. The number of nitrogens with one attached hydrogen (secondary N) is 1. The van der Waals surface area contributed by atoms with E-state index in [9.17, 15) is 0 Å². The number of para-hydroxylation sites is 4. The average Bonchev–Trinajstić information content (AvgIpc) is 3.45. The van der Waals surface area contributed by atoms with Gasteiger partial charge in [-0.3, -0.25) is 0 Å². The molecule has 1 aromatic heterocycles. The normalized spacial score (nSPS) is 11.3. The molecule has 0 aliphatic rings. The zero-order valence-electron chi connectivity index (χ0n) is 23.6. The van der Waals surface area contributed by atoms with Crippen LogP contribution in [0.2, 0.25) is 0 Å². The molecule has 43 heavy (non-hydrogen) atoms. The molecule has 0 fully saturated rings. The summed E-state index contributed by atoms with van der Waals surface area (Å²) in [6.45, 7) is 0. The van der Waals surface area contributed by atoms with E-state index in [2.05, 4.69) is 185 Å². The lowest BCUT2D eigenvalue weighted by Gasteiger charge is -2.27. The van der Waals surface area contributed by atoms with Crippen LogP contribution in [-0.4, -0.2) is 4.98 Å². The molecule has 0 unspecified atom stereocenters. The number of H-pyrrole nitrogens is 1. The highest BCUT2D eigenvalue weighted by Crippen LogP contribution is 2.44. The van der Waals surface area contributed by atoms with Crippen molar-refractivity contribution in [2.45, 2.75) is 0 Å². The average molecular weight is 552 g/mol. The smallest absolute Gasteiger partial charge is 0.0561 e. The molecule has 0 atom stereocenters. The predicted octanol–water partition coefficient (Wildman–Crippen LogP) is 11.4. The van der Waals surface area contributed by atoms with Gasteiger partial charge in [0, 0.05) is 55.6 Å². The van der Waals surface area contributed by atoms with Crippen molar-refractivity contribution in [2.75, 3.05) is 9.80 Å². The molecule has 0 radical (unpaired) electrons. The molecule has 0 aliphatic heterocycles. The van der Waals surface area contributed by atoms with Gasteiger partial charge in [-0.2, -0.15) is 0 Å². The molecular formula is C40H29N3. The monoisotopic (exact) mass is 551 g/mol. The molecule has 8 rings (SSSR count). The first-order valence-corrected chi connectivity index (χ1v) is 14.6. The number of hydrogen-bond donors (Lipinski definition) is 1. The van der Waals surface area contributed by atoms with E-state index in [0.29, 0.717) is 0 Å². The van der Waals surface area contributed by atoms with Gasteiger partial charge >= 0.3 is 0 Å². The number of rotatable bonds is 6. The quantitative estimate of drug-likeness (QED) is 0.222. The van der Waals surface area contributed by atoms with Gasteiger partial charge in [-0.05, 0) is 72.1 Å². The second kappa shape index (κ2) is 10.6. The van der Waals surface area contributed by atoms with E-state index in [-0.39, 0.29) is 0 Å². The van der Waals surface area contributed by atoms with Crippen molar-refractivity contribution in [3.05, 3.63) is 170 Å². The molecule has 0 saturated carbocycles. The SMILES string of the molecule is c1ccc(N(c2ccccc2)c2ccc3c(c2)[nH]c2cc(N(c4ccccc4)c4ccccc4)c4ccccc4c23)cc1. The Kier molecular flexibility index (Phi) is 6.12. The van der Waals surface area contributed by atoms with Gasteiger partial charge in [0.2, 0.25) is 0 Å². The Bertz CT molecular complexity index is 2090. The first-order valence-electron chi connectivity index (χ1n) is 14.6. The van der Waals surface area contributed by atoms with E-state index in [4.69, 9.17) is 0 Å². The maximum absolute atomic E-state index is 3.81. The fraction of sp³-hybridized carbons (Fsp3) is 0. The molecule has 7 aromatic carbocycles. The van der Waals surface area contributed by atoms with Crippen LogP contribution in [0.3, 0.4) is 0 Å². The number of hydrogen-bond acceptors (Lipinski definition) is 2. The molecule has 204 valence electrons. The van der Waals surface area contributed by atoms with Crippen LogP contribution >= 0.6 is 0 Å². The van der Waals surface area contributed by atoms with Crippen molar-refractivity contribution in [3.8, 4) is 0 Å². The van der Waals surface area contributed by atoms with Crippen LogP contribution in [0.25, 0.3) is 32.6 Å².